The van der Waals surface area contributed by atoms with E-state index in [2.05, 4.69) is 0 Å². The molecule has 0 aromatic rings. The van der Waals surface area contributed by atoms with Crippen molar-refractivity contribution in [1.29, 1.82) is 0 Å². The number of nitrogens with zero attached hydrogens (tertiary/aromatic N) is 1. The summed E-state index contributed by atoms with van der Waals surface area (Å²) >= 11 is 0. The fraction of sp³-hybridized carbons (Fsp3) is 0.909. The van der Waals surface area contributed by atoms with Gasteiger partial charge < -0.3 is 10.6 Å². The minimum Gasteiger partial charge on any atom is -0.343 e. The maximum Gasteiger partial charge on any atom is 0.389 e. The molecule has 1 fully saturated rings. The quantitative estimate of drug-likeness (QED) is 0.835. The number of hydrogen-bond acceptors (Lipinski definition) is 2. The van der Waals surface area contributed by atoms with E-state index in [-0.39, 0.29) is 12.1 Å². The third-order valence-corrected chi connectivity index (χ3v) is 3.30. The van der Waals surface area contributed by atoms with Gasteiger partial charge in [-0.1, -0.05) is 0 Å². The van der Waals surface area contributed by atoms with Gasteiger partial charge in [0, 0.05) is 25.6 Å². The van der Waals surface area contributed by atoms with E-state index in [9.17, 15) is 18.0 Å². The molecule has 0 radical (unpaired) electrons. The summed E-state index contributed by atoms with van der Waals surface area (Å²) in [6.45, 7) is 0. The van der Waals surface area contributed by atoms with E-state index >= 15 is 0 Å². The SMILES string of the molecule is CN(C(=O)CCC(F)(F)F)C1CCC(N)CC1. The van der Waals surface area contributed by atoms with Crippen molar-refractivity contribution in [2.24, 2.45) is 5.73 Å². The van der Waals surface area contributed by atoms with Crippen molar-refractivity contribution in [2.75, 3.05) is 7.05 Å². The molecule has 0 atom stereocenters. The van der Waals surface area contributed by atoms with Crippen LogP contribution in [-0.2, 0) is 4.79 Å². The lowest BCUT2D eigenvalue weighted by molar-refractivity contribution is -0.149. The molecule has 3 nitrogen and oxygen atoms in total. The summed E-state index contributed by atoms with van der Waals surface area (Å²) in [6.07, 6.45) is -2.51. The first-order chi connectivity index (χ1) is 7.79. The molecule has 0 aromatic heterocycles. The zero-order valence-electron chi connectivity index (χ0n) is 9.96. The van der Waals surface area contributed by atoms with E-state index in [1.54, 1.807) is 7.05 Å². The topological polar surface area (TPSA) is 46.3 Å². The number of halogens is 3. The van der Waals surface area contributed by atoms with Crippen LogP contribution >= 0.6 is 0 Å². The van der Waals surface area contributed by atoms with E-state index in [1.165, 1.54) is 4.90 Å². The summed E-state index contributed by atoms with van der Waals surface area (Å²) in [6, 6.07) is 0.223. The first kappa shape index (κ1) is 14.3. The van der Waals surface area contributed by atoms with Gasteiger partial charge in [0.25, 0.3) is 0 Å². The van der Waals surface area contributed by atoms with E-state index in [4.69, 9.17) is 5.73 Å². The first-order valence-corrected chi connectivity index (χ1v) is 5.87. The van der Waals surface area contributed by atoms with Crippen LogP contribution in [0.4, 0.5) is 13.2 Å². The van der Waals surface area contributed by atoms with Crippen LogP contribution in [0.3, 0.4) is 0 Å². The molecule has 100 valence electrons. The normalized spacial score (nSPS) is 25.7. The van der Waals surface area contributed by atoms with Crippen molar-refractivity contribution in [3.63, 3.8) is 0 Å². The fourth-order valence-corrected chi connectivity index (χ4v) is 2.12. The van der Waals surface area contributed by atoms with Crippen molar-refractivity contribution in [3.05, 3.63) is 0 Å². The number of hydrogen-bond donors (Lipinski definition) is 1. The average Bonchev–Trinajstić information content (AvgIpc) is 2.25. The predicted molar refractivity (Wildman–Crippen MR) is 58.3 cm³/mol. The van der Waals surface area contributed by atoms with Gasteiger partial charge in [-0.2, -0.15) is 13.2 Å². The van der Waals surface area contributed by atoms with E-state index in [0.29, 0.717) is 0 Å². The maximum atomic E-state index is 12.0. The third-order valence-electron chi connectivity index (χ3n) is 3.30. The van der Waals surface area contributed by atoms with Gasteiger partial charge >= 0.3 is 6.18 Å². The highest BCUT2D eigenvalue weighted by Crippen LogP contribution is 2.24. The zero-order chi connectivity index (χ0) is 13.1. The molecule has 2 N–H and O–H groups in total. The molecule has 1 aliphatic rings. The second-order valence-corrected chi connectivity index (χ2v) is 4.69. The minimum absolute atomic E-state index is 0.0514. The van der Waals surface area contributed by atoms with Crippen LogP contribution in [0.5, 0.6) is 0 Å². The Morgan fingerprint density at radius 1 is 1.29 bits per heavy atom. The molecule has 0 heterocycles. The maximum absolute atomic E-state index is 12.0. The standard InChI is InChI=1S/C11H19F3N2O/c1-16(9-4-2-8(15)3-5-9)10(17)6-7-11(12,13)14/h8-9H,2-7,15H2,1H3. The van der Waals surface area contributed by atoms with Crippen LogP contribution in [0.25, 0.3) is 0 Å². The Hall–Kier alpha value is -0.780. The van der Waals surface area contributed by atoms with Crippen LogP contribution in [0, 0.1) is 0 Å². The molecule has 6 heteroatoms. The fourth-order valence-electron chi connectivity index (χ4n) is 2.12. The highest BCUT2D eigenvalue weighted by Gasteiger charge is 2.30. The average molecular weight is 252 g/mol. The number of nitrogens with two attached hydrogens (primary N) is 1. The van der Waals surface area contributed by atoms with Gasteiger partial charge in [0.05, 0.1) is 6.42 Å². The molecule has 1 rings (SSSR count). The molecule has 0 aliphatic heterocycles. The number of rotatable bonds is 3. The highest BCUT2D eigenvalue weighted by molar-refractivity contribution is 5.76. The van der Waals surface area contributed by atoms with Crippen LogP contribution in [0.2, 0.25) is 0 Å². The Kier molecular flexibility index (Phi) is 4.80. The smallest absolute Gasteiger partial charge is 0.343 e. The van der Waals surface area contributed by atoms with Gasteiger partial charge in [0.1, 0.15) is 0 Å². The summed E-state index contributed by atoms with van der Waals surface area (Å²) in [5, 5.41) is 0. The molecule has 0 bridgehead atoms. The number of carbonyl (C=O) groups excluding carboxylic acids is 1. The van der Waals surface area contributed by atoms with Crippen molar-refractivity contribution in [2.45, 2.75) is 56.8 Å². The second kappa shape index (κ2) is 5.71. The van der Waals surface area contributed by atoms with Gasteiger partial charge in [-0.25, -0.2) is 0 Å². The minimum atomic E-state index is -4.26. The zero-order valence-corrected chi connectivity index (χ0v) is 9.96. The molecular formula is C11H19F3N2O. The summed E-state index contributed by atoms with van der Waals surface area (Å²) in [7, 11) is 1.58. The number of amides is 1. The Balaban J connectivity index is 2.36. The monoisotopic (exact) mass is 252 g/mol. The van der Waals surface area contributed by atoms with Gasteiger partial charge in [0.2, 0.25) is 5.91 Å². The number of carbonyl (C=O) groups is 1. The van der Waals surface area contributed by atoms with Crippen LogP contribution < -0.4 is 5.73 Å². The highest BCUT2D eigenvalue weighted by atomic mass is 19.4. The van der Waals surface area contributed by atoms with Crippen LogP contribution in [0.15, 0.2) is 0 Å². The lowest BCUT2D eigenvalue weighted by atomic mass is 9.91. The summed E-state index contributed by atoms with van der Waals surface area (Å²) in [5.74, 6) is -0.428. The van der Waals surface area contributed by atoms with Crippen molar-refractivity contribution in [1.82, 2.24) is 4.90 Å². The first-order valence-electron chi connectivity index (χ1n) is 5.87. The Labute approximate surface area is 99.1 Å². The van der Waals surface area contributed by atoms with Crippen LogP contribution in [0.1, 0.15) is 38.5 Å². The molecule has 1 saturated carbocycles. The van der Waals surface area contributed by atoms with E-state index in [0.717, 1.165) is 25.7 Å². The van der Waals surface area contributed by atoms with Crippen molar-refractivity contribution < 1.29 is 18.0 Å². The number of alkyl halides is 3. The summed E-state index contributed by atoms with van der Waals surface area (Å²) in [5.41, 5.74) is 5.74. The Morgan fingerprint density at radius 3 is 2.29 bits per heavy atom. The van der Waals surface area contributed by atoms with E-state index < -0.39 is 24.9 Å². The molecule has 1 aliphatic carbocycles. The van der Waals surface area contributed by atoms with Crippen LogP contribution in [-0.4, -0.2) is 36.1 Å². The molecule has 0 saturated heterocycles. The van der Waals surface area contributed by atoms with Crippen molar-refractivity contribution in [3.8, 4) is 0 Å². The molecule has 0 aromatic carbocycles. The lowest BCUT2D eigenvalue weighted by Crippen LogP contribution is -2.42. The predicted octanol–water partition coefficient (Wildman–Crippen LogP) is 2.06. The Morgan fingerprint density at radius 2 is 1.82 bits per heavy atom. The van der Waals surface area contributed by atoms with Crippen molar-refractivity contribution >= 4 is 5.91 Å². The molecule has 0 unspecified atom stereocenters. The summed E-state index contributed by atoms with van der Waals surface area (Å²) in [4.78, 5) is 13.0. The van der Waals surface area contributed by atoms with Gasteiger partial charge in [-0.15, -0.1) is 0 Å². The lowest BCUT2D eigenvalue weighted by Gasteiger charge is -2.33. The molecular weight excluding hydrogens is 233 g/mol. The molecule has 0 spiro atoms. The summed E-state index contributed by atoms with van der Waals surface area (Å²) < 4.78 is 36.0. The third kappa shape index (κ3) is 4.93. The molecule has 1 amide bonds. The van der Waals surface area contributed by atoms with Gasteiger partial charge in [0.15, 0.2) is 0 Å². The largest absolute Gasteiger partial charge is 0.389 e. The molecule has 17 heavy (non-hydrogen) atoms. The Bertz CT molecular complexity index is 260. The van der Waals surface area contributed by atoms with Gasteiger partial charge in [-0.3, -0.25) is 4.79 Å². The van der Waals surface area contributed by atoms with Gasteiger partial charge in [-0.05, 0) is 25.7 Å². The second-order valence-electron chi connectivity index (χ2n) is 4.69. The van der Waals surface area contributed by atoms with E-state index in [1.807, 2.05) is 0 Å².